The third-order valence-corrected chi connectivity index (χ3v) is 5.39. The normalized spacial score (nSPS) is 14.6. The van der Waals surface area contributed by atoms with Crippen LogP contribution in [0.5, 0.6) is 5.75 Å². The summed E-state index contributed by atoms with van der Waals surface area (Å²) in [6.07, 6.45) is 6.81. The summed E-state index contributed by atoms with van der Waals surface area (Å²) >= 11 is 0. The number of nitrogens with zero attached hydrogens (tertiary/aromatic N) is 2. The molecule has 2 N–H and O–H groups in total. The van der Waals surface area contributed by atoms with Crippen LogP contribution in [0.2, 0.25) is 0 Å². The highest BCUT2D eigenvalue weighted by Gasteiger charge is 2.20. The van der Waals surface area contributed by atoms with Crippen LogP contribution in [0.3, 0.4) is 0 Å². The van der Waals surface area contributed by atoms with Gasteiger partial charge in [-0.2, -0.15) is 5.10 Å². The zero-order valence-electron chi connectivity index (χ0n) is 17.9. The summed E-state index contributed by atoms with van der Waals surface area (Å²) in [6, 6.07) is 9.97. The zero-order chi connectivity index (χ0) is 21.5. The molecule has 7 nitrogen and oxygen atoms in total. The lowest BCUT2D eigenvalue weighted by Gasteiger charge is -2.22. The minimum atomic E-state index is -0.739. The van der Waals surface area contributed by atoms with Crippen molar-refractivity contribution in [3.8, 4) is 11.4 Å². The van der Waals surface area contributed by atoms with Crippen molar-refractivity contribution in [3.05, 3.63) is 47.3 Å². The summed E-state index contributed by atoms with van der Waals surface area (Å²) in [5.74, 6) is -0.532. The molecule has 2 aromatic rings. The molecule has 1 fully saturated rings. The predicted octanol–water partition coefficient (Wildman–Crippen LogP) is 3.39. The zero-order valence-corrected chi connectivity index (χ0v) is 17.9. The van der Waals surface area contributed by atoms with E-state index in [4.69, 9.17) is 4.74 Å². The van der Waals surface area contributed by atoms with Gasteiger partial charge in [-0.15, -0.1) is 0 Å². The van der Waals surface area contributed by atoms with Crippen molar-refractivity contribution in [1.82, 2.24) is 15.3 Å². The number of nitrogens with one attached hydrogen (secondary N) is 2. The second-order valence-electron chi connectivity index (χ2n) is 7.60. The number of amides is 2. The molecule has 160 valence electrons. The summed E-state index contributed by atoms with van der Waals surface area (Å²) in [5, 5.41) is 6.77. The van der Waals surface area contributed by atoms with Crippen LogP contribution >= 0.6 is 0 Å². The molecule has 0 radical (unpaired) electrons. The molecule has 0 aliphatic heterocycles. The molecule has 1 aromatic carbocycles. The van der Waals surface area contributed by atoms with Gasteiger partial charge in [0.15, 0.2) is 0 Å². The van der Waals surface area contributed by atoms with Crippen molar-refractivity contribution in [1.29, 1.82) is 0 Å². The molecule has 0 bridgehead atoms. The van der Waals surface area contributed by atoms with Crippen LogP contribution in [0.1, 0.15) is 56.0 Å². The van der Waals surface area contributed by atoms with Crippen molar-refractivity contribution >= 4 is 18.0 Å². The van der Waals surface area contributed by atoms with E-state index < -0.39 is 11.8 Å². The smallest absolute Gasteiger partial charge is 0.329 e. The molecule has 1 aliphatic carbocycles. The van der Waals surface area contributed by atoms with Crippen LogP contribution in [0, 0.1) is 13.8 Å². The average Bonchev–Trinajstić information content (AvgIpc) is 3.03. The maximum atomic E-state index is 12.0. The second-order valence-corrected chi connectivity index (χ2v) is 7.60. The van der Waals surface area contributed by atoms with Gasteiger partial charge in [-0.1, -0.05) is 19.3 Å². The van der Waals surface area contributed by atoms with E-state index in [0.29, 0.717) is 6.61 Å². The van der Waals surface area contributed by atoms with E-state index in [0.717, 1.165) is 54.1 Å². The molecule has 3 rings (SSSR count). The number of benzene rings is 1. The van der Waals surface area contributed by atoms with Crippen molar-refractivity contribution in [3.63, 3.8) is 0 Å². The molecule has 0 unspecified atom stereocenters. The number of aromatic nitrogens is 1. The Morgan fingerprint density at radius 3 is 2.50 bits per heavy atom. The van der Waals surface area contributed by atoms with Gasteiger partial charge in [0.1, 0.15) is 5.75 Å². The fraction of sp³-hybridized carbons (Fsp3) is 0.435. The average molecular weight is 411 g/mol. The number of hydrazone groups is 1. The topological polar surface area (TPSA) is 84.7 Å². The van der Waals surface area contributed by atoms with Crippen LogP contribution in [0.4, 0.5) is 0 Å². The molecule has 1 saturated carbocycles. The summed E-state index contributed by atoms with van der Waals surface area (Å²) in [7, 11) is 0. The Morgan fingerprint density at radius 2 is 1.83 bits per heavy atom. The quantitative estimate of drug-likeness (QED) is 0.435. The molecule has 2 amide bonds. The second kappa shape index (κ2) is 10.1. The number of carbonyl (C=O) groups excluding carboxylic acids is 2. The summed E-state index contributed by atoms with van der Waals surface area (Å²) in [5.41, 5.74) is 6.25. The van der Waals surface area contributed by atoms with E-state index in [1.165, 1.54) is 6.42 Å². The number of hydrogen-bond acceptors (Lipinski definition) is 4. The Balaban J connectivity index is 1.62. The highest BCUT2D eigenvalue weighted by Crippen LogP contribution is 2.22. The van der Waals surface area contributed by atoms with Gasteiger partial charge in [-0.3, -0.25) is 9.59 Å². The van der Waals surface area contributed by atoms with Gasteiger partial charge in [0.05, 0.1) is 12.8 Å². The van der Waals surface area contributed by atoms with Crippen LogP contribution in [-0.4, -0.2) is 35.2 Å². The van der Waals surface area contributed by atoms with Crippen molar-refractivity contribution in [2.24, 2.45) is 5.10 Å². The van der Waals surface area contributed by atoms with Gasteiger partial charge in [0.25, 0.3) is 0 Å². The SMILES string of the molecule is CCOc1ccc(-n2c(C)cc(/C=N\NC(=O)C(=O)NC3CCCCC3)c2C)cc1. The first-order valence-corrected chi connectivity index (χ1v) is 10.6. The molecule has 1 aliphatic rings. The lowest BCUT2D eigenvalue weighted by molar-refractivity contribution is -0.139. The van der Waals surface area contributed by atoms with Crippen molar-refractivity contribution in [2.45, 2.75) is 58.9 Å². The number of rotatable bonds is 6. The first kappa shape index (κ1) is 21.6. The Bertz CT molecular complexity index is 909. The van der Waals surface area contributed by atoms with Gasteiger partial charge in [0.2, 0.25) is 0 Å². The molecule has 0 atom stereocenters. The molecule has 30 heavy (non-hydrogen) atoms. The van der Waals surface area contributed by atoms with E-state index in [1.54, 1.807) is 6.21 Å². The fourth-order valence-corrected chi connectivity index (χ4v) is 3.88. The van der Waals surface area contributed by atoms with Gasteiger partial charge in [0, 0.05) is 28.7 Å². The third-order valence-electron chi connectivity index (χ3n) is 5.39. The van der Waals surface area contributed by atoms with E-state index in [-0.39, 0.29) is 6.04 Å². The Morgan fingerprint density at radius 1 is 1.13 bits per heavy atom. The molecule has 0 saturated heterocycles. The first-order valence-electron chi connectivity index (χ1n) is 10.6. The van der Waals surface area contributed by atoms with Gasteiger partial charge >= 0.3 is 11.8 Å². The van der Waals surface area contributed by atoms with E-state index >= 15 is 0 Å². The van der Waals surface area contributed by atoms with Crippen LogP contribution < -0.4 is 15.5 Å². The predicted molar refractivity (Wildman–Crippen MR) is 117 cm³/mol. The van der Waals surface area contributed by atoms with Crippen LogP contribution in [0.15, 0.2) is 35.4 Å². The third kappa shape index (κ3) is 5.28. The monoisotopic (exact) mass is 410 g/mol. The maximum Gasteiger partial charge on any atom is 0.329 e. The molecule has 7 heteroatoms. The maximum absolute atomic E-state index is 12.0. The van der Waals surface area contributed by atoms with Crippen LogP contribution in [-0.2, 0) is 9.59 Å². The Hall–Kier alpha value is -3.09. The summed E-state index contributed by atoms with van der Waals surface area (Å²) in [6.45, 7) is 6.59. The van der Waals surface area contributed by atoms with Crippen LogP contribution in [0.25, 0.3) is 5.69 Å². The lowest BCUT2D eigenvalue weighted by atomic mass is 9.95. The highest BCUT2D eigenvalue weighted by molar-refractivity contribution is 6.35. The van der Waals surface area contributed by atoms with Crippen molar-refractivity contribution < 1.29 is 14.3 Å². The van der Waals surface area contributed by atoms with E-state index in [2.05, 4.69) is 20.4 Å². The van der Waals surface area contributed by atoms with Gasteiger partial charge < -0.3 is 14.6 Å². The molecular formula is C23H30N4O3. The minimum absolute atomic E-state index is 0.0917. The number of hydrogen-bond donors (Lipinski definition) is 2. The number of aryl methyl sites for hydroxylation is 1. The number of ether oxygens (including phenoxy) is 1. The molecule has 1 aromatic heterocycles. The largest absolute Gasteiger partial charge is 0.494 e. The van der Waals surface area contributed by atoms with Gasteiger partial charge in [-0.25, -0.2) is 5.43 Å². The summed E-state index contributed by atoms with van der Waals surface area (Å²) < 4.78 is 7.61. The van der Waals surface area contributed by atoms with E-state index in [9.17, 15) is 9.59 Å². The first-order chi connectivity index (χ1) is 14.5. The molecular weight excluding hydrogens is 380 g/mol. The fourth-order valence-electron chi connectivity index (χ4n) is 3.88. The van der Waals surface area contributed by atoms with E-state index in [1.807, 2.05) is 51.1 Å². The standard InChI is InChI=1S/C23H30N4O3/c1-4-30-21-12-10-20(11-13-21)27-16(2)14-18(17(27)3)15-24-26-23(29)22(28)25-19-8-6-5-7-9-19/h10-15,19H,4-9H2,1-3H3,(H,25,28)(H,26,29)/b24-15-. The van der Waals surface area contributed by atoms with Crippen molar-refractivity contribution in [2.75, 3.05) is 6.61 Å². The Labute approximate surface area is 177 Å². The van der Waals surface area contributed by atoms with Gasteiger partial charge in [-0.05, 0) is 63.9 Å². The molecule has 0 spiro atoms. The number of carbonyl (C=O) groups is 2. The Kier molecular flexibility index (Phi) is 7.27. The minimum Gasteiger partial charge on any atom is -0.494 e. The highest BCUT2D eigenvalue weighted by atomic mass is 16.5. The summed E-state index contributed by atoms with van der Waals surface area (Å²) in [4.78, 5) is 24.0. The molecule has 1 heterocycles. The lowest BCUT2D eigenvalue weighted by Crippen LogP contribution is -2.44.